The molecule has 0 aliphatic carbocycles. The van der Waals surface area contributed by atoms with E-state index in [1.807, 2.05) is 19.3 Å². The molecular weight excluding hydrogens is 241 g/mol. The fraction of sp³-hybridized carbons (Fsp3) is 0.400. The van der Waals surface area contributed by atoms with Gasteiger partial charge in [-0.3, -0.25) is 4.68 Å². The maximum atomic E-state index is 14.0. The molecule has 0 fully saturated rings. The summed E-state index contributed by atoms with van der Waals surface area (Å²) >= 11 is 0. The van der Waals surface area contributed by atoms with Crippen molar-refractivity contribution in [1.29, 1.82) is 0 Å². The van der Waals surface area contributed by atoms with E-state index in [9.17, 15) is 4.39 Å². The maximum absolute atomic E-state index is 14.0. The second kappa shape index (κ2) is 5.13. The Balaban J connectivity index is 2.51. The summed E-state index contributed by atoms with van der Waals surface area (Å²) in [6.07, 6.45) is 1.93. The van der Waals surface area contributed by atoms with Crippen molar-refractivity contribution in [1.82, 2.24) is 9.78 Å². The molecule has 0 amide bonds. The molecule has 0 bridgehead atoms. The van der Waals surface area contributed by atoms with E-state index in [4.69, 9.17) is 5.73 Å². The van der Waals surface area contributed by atoms with Crippen LogP contribution < -0.4 is 5.73 Å². The van der Waals surface area contributed by atoms with Gasteiger partial charge in [0.2, 0.25) is 0 Å². The molecule has 0 spiro atoms. The highest BCUT2D eigenvalue weighted by Gasteiger charge is 2.15. The monoisotopic (exact) mass is 261 g/mol. The van der Waals surface area contributed by atoms with Gasteiger partial charge in [0, 0.05) is 30.4 Å². The molecule has 0 radical (unpaired) electrons. The van der Waals surface area contributed by atoms with Gasteiger partial charge in [0.25, 0.3) is 0 Å². The summed E-state index contributed by atoms with van der Waals surface area (Å²) < 4.78 is 15.8. The van der Waals surface area contributed by atoms with Gasteiger partial charge in [0.05, 0.1) is 5.69 Å². The number of nitrogens with zero attached hydrogens (tertiary/aromatic N) is 2. The Morgan fingerprint density at radius 1 is 1.26 bits per heavy atom. The van der Waals surface area contributed by atoms with E-state index in [0.717, 1.165) is 16.8 Å². The molecule has 1 unspecified atom stereocenters. The molecule has 2 N–H and O–H groups in total. The first-order chi connectivity index (χ1) is 8.90. The third kappa shape index (κ3) is 2.68. The van der Waals surface area contributed by atoms with E-state index < -0.39 is 0 Å². The van der Waals surface area contributed by atoms with E-state index in [1.54, 1.807) is 23.7 Å². The summed E-state index contributed by atoms with van der Waals surface area (Å²) in [5.74, 6) is 0.0402. The first-order valence-electron chi connectivity index (χ1n) is 6.49. The zero-order valence-corrected chi connectivity index (χ0v) is 11.8. The largest absolute Gasteiger partial charge is 0.324 e. The number of hydrogen-bond acceptors (Lipinski definition) is 2. The predicted octanol–water partition coefficient (Wildman–Crippen LogP) is 3.37. The lowest BCUT2D eigenvalue weighted by Crippen LogP contribution is -2.07. The van der Waals surface area contributed by atoms with Gasteiger partial charge >= 0.3 is 0 Å². The number of rotatable bonds is 3. The molecule has 0 saturated heterocycles. The van der Waals surface area contributed by atoms with Crippen molar-refractivity contribution in [2.24, 2.45) is 12.8 Å². The van der Waals surface area contributed by atoms with E-state index in [-0.39, 0.29) is 11.9 Å². The Hall–Kier alpha value is -1.68. The first-order valence-corrected chi connectivity index (χ1v) is 6.49. The Labute approximate surface area is 113 Å². The first kappa shape index (κ1) is 13.7. The molecule has 1 aromatic heterocycles. The number of hydrogen-bond donors (Lipinski definition) is 1. The van der Waals surface area contributed by atoms with Gasteiger partial charge in [0.15, 0.2) is 0 Å². The smallest absolute Gasteiger partial charge is 0.128 e. The number of nitrogens with two attached hydrogens (primary N) is 1. The molecule has 4 heteroatoms. The van der Waals surface area contributed by atoms with Crippen LogP contribution in [0.1, 0.15) is 44.0 Å². The second-order valence-electron chi connectivity index (χ2n) is 5.28. The van der Waals surface area contributed by atoms with Crippen molar-refractivity contribution in [3.05, 3.63) is 41.5 Å². The molecule has 19 heavy (non-hydrogen) atoms. The highest BCUT2D eigenvalue weighted by atomic mass is 19.1. The van der Waals surface area contributed by atoms with Crippen molar-refractivity contribution < 1.29 is 4.39 Å². The van der Waals surface area contributed by atoms with E-state index in [2.05, 4.69) is 18.9 Å². The average Bonchev–Trinajstić information content (AvgIpc) is 2.70. The summed E-state index contributed by atoms with van der Waals surface area (Å²) in [5.41, 5.74) is 9.08. The van der Waals surface area contributed by atoms with Crippen LogP contribution in [0.4, 0.5) is 4.39 Å². The van der Waals surface area contributed by atoms with E-state index >= 15 is 0 Å². The van der Waals surface area contributed by atoms with Crippen LogP contribution in [0.3, 0.4) is 0 Å². The van der Waals surface area contributed by atoms with Gasteiger partial charge in [-0.05, 0) is 24.5 Å². The Morgan fingerprint density at radius 2 is 1.95 bits per heavy atom. The van der Waals surface area contributed by atoms with Crippen LogP contribution >= 0.6 is 0 Å². The summed E-state index contributed by atoms with van der Waals surface area (Å²) in [4.78, 5) is 0. The standard InChI is InChI=1S/C15H20FN3/c1-9(2)15-13(8-19(4)18-15)11-5-6-12(10(3)17)14(16)7-11/h5-10H,17H2,1-4H3. The molecule has 0 aliphatic rings. The lowest BCUT2D eigenvalue weighted by atomic mass is 9.98. The van der Waals surface area contributed by atoms with Crippen LogP contribution in [0.15, 0.2) is 24.4 Å². The number of aromatic nitrogens is 2. The molecule has 102 valence electrons. The van der Waals surface area contributed by atoms with Gasteiger partial charge in [-0.15, -0.1) is 0 Å². The molecule has 1 heterocycles. The van der Waals surface area contributed by atoms with Gasteiger partial charge < -0.3 is 5.73 Å². The van der Waals surface area contributed by atoms with Crippen LogP contribution in [0.2, 0.25) is 0 Å². The highest BCUT2D eigenvalue weighted by molar-refractivity contribution is 5.66. The average molecular weight is 261 g/mol. The number of halogens is 1. The van der Waals surface area contributed by atoms with Crippen molar-refractivity contribution in [2.75, 3.05) is 0 Å². The number of benzene rings is 1. The molecule has 3 nitrogen and oxygen atoms in total. The Morgan fingerprint density at radius 3 is 2.47 bits per heavy atom. The zero-order chi connectivity index (χ0) is 14.2. The molecule has 1 atom stereocenters. The van der Waals surface area contributed by atoms with Gasteiger partial charge in [0.1, 0.15) is 5.82 Å². The maximum Gasteiger partial charge on any atom is 0.128 e. The van der Waals surface area contributed by atoms with Crippen LogP contribution in [-0.4, -0.2) is 9.78 Å². The van der Waals surface area contributed by atoms with E-state index in [0.29, 0.717) is 11.5 Å². The Kier molecular flexibility index (Phi) is 3.71. The summed E-state index contributed by atoms with van der Waals surface area (Å²) in [7, 11) is 1.88. The SMILES string of the molecule is CC(C)c1nn(C)cc1-c1ccc(C(C)N)c(F)c1. The fourth-order valence-corrected chi connectivity index (χ4v) is 2.22. The predicted molar refractivity (Wildman–Crippen MR) is 75.3 cm³/mol. The minimum atomic E-state index is -0.299. The lowest BCUT2D eigenvalue weighted by Gasteiger charge is -2.10. The molecule has 0 aliphatic heterocycles. The normalized spacial score (nSPS) is 13.0. The molecule has 0 saturated carbocycles. The van der Waals surface area contributed by atoms with Gasteiger partial charge in [-0.2, -0.15) is 5.10 Å². The minimum absolute atomic E-state index is 0.258. The summed E-state index contributed by atoms with van der Waals surface area (Å²) in [6.45, 7) is 5.94. The molecule has 2 rings (SSSR count). The number of aryl methyl sites for hydroxylation is 1. The quantitative estimate of drug-likeness (QED) is 0.920. The third-order valence-electron chi connectivity index (χ3n) is 3.21. The highest BCUT2D eigenvalue weighted by Crippen LogP contribution is 2.30. The third-order valence-corrected chi connectivity index (χ3v) is 3.21. The Bertz CT molecular complexity index is 585. The summed E-state index contributed by atoms with van der Waals surface area (Å²) in [5, 5.41) is 4.44. The van der Waals surface area contributed by atoms with Gasteiger partial charge in [-0.1, -0.05) is 26.0 Å². The summed E-state index contributed by atoms with van der Waals surface area (Å²) in [6, 6.07) is 4.91. The topological polar surface area (TPSA) is 43.8 Å². The van der Waals surface area contributed by atoms with Crippen LogP contribution in [0.25, 0.3) is 11.1 Å². The van der Waals surface area contributed by atoms with Crippen molar-refractivity contribution >= 4 is 0 Å². The van der Waals surface area contributed by atoms with Crippen LogP contribution in [0, 0.1) is 5.82 Å². The second-order valence-corrected chi connectivity index (χ2v) is 5.28. The van der Waals surface area contributed by atoms with Crippen LogP contribution in [0.5, 0.6) is 0 Å². The van der Waals surface area contributed by atoms with Crippen molar-refractivity contribution in [2.45, 2.75) is 32.7 Å². The molecule has 1 aromatic carbocycles. The van der Waals surface area contributed by atoms with Crippen LogP contribution in [-0.2, 0) is 7.05 Å². The van der Waals surface area contributed by atoms with E-state index in [1.165, 1.54) is 0 Å². The van der Waals surface area contributed by atoms with Gasteiger partial charge in [-0.25, -0.2) is 4.39 Å². The van der Waals surface area contributed by atoms with Crippen molar-refractivity contribution in [3.63, 3.8) is 0 Å². The van der Waals surface area contributed by atoms with Crippen molar-refractivity contribution in [3.8, 4) is 11.1 Å². The fourth-order valence-electron chi connectivity index (χ4n) is 2.22. The minimum Gasteiger partial charge on any atom is -0.324 e. The molecular formula is C15H20FN3. The molecule has 2 aromatic rings. The zero-order valence-electron chi connectivity index (χ0n) is 11.8. The lowest BCUT2D eigenvalue weighted by molar-refractivity contribution is 0.594.